The van der Waals surface area contributed by atoms with E-state index in [1.165, 1.54) is 11.1 Å². The molecule has 3 heterocycles. The van der Waals surface area contributed by atoms with Crippen molar-refractivity contribution in [1.29, 1.82) is 0 Å². The lowest BCUT2D eigenvalue weighted by molar-refractivity contribution is 0.272. The van der Waals surface area contributed by atoms with E-state index in [2.05, 4.69) is 117 Å². The highest BCUT2D eigenvalue weighted by molar-refractivity contribution is 7.80. The van der Waals surface area contributed by atoms with Gasteiger partial charge >= 0.3 is 0 Å². The normalized spacial score (nSPS) is 15.8. The Kier molecular flexibility index (Phi) is 9.37. The van der Waals surface area contributed by atoms with Gasteiger partial charge in [0.15, 0.2) is 5.65 Å². The topological polar surface area (TPSA) is 36.7 Å². The second-order valence-electron chi connectivity index (χ2n) is 11.2. The number of hydrogen-bond acceptors (Lipinski definition) is 5. The molecule has 204 valence electrons. The average molecular weight is 532 g/mol. The van der Waals surface area contributed by atoms with Crippen molar-refractivity contribution in [2.45, 2.75) is 60.8 Å². The zero-order chi connectivity index (χ0) is 27.3. The van der Waals surface area contributed by atoms with E-state index in [-0.39, 0.29) is 5.41 Å². The summed E-state index contributed by atoms with van der Waals surface area (Å²) in [6, 6.07) is 11.2. The highest BCUT2D eigenvalue weighted by Gasteiger charge is 2.24. The summed E-state index contributed by atoms with van der Waals surface area (Å²) in [5.41, 5.74) is 8.09. The van der Waals surface area contributed by atoms with Crippen molar-refractivity contribution < 1.29 is 0 Å². The Morgan fingerprint density at radius 3 is 2.53 bits per heavy atom. The number of rotatable bonds is 10. The number of thiol groups is 1. The number of nitrogens with zero attached hydrogens (tertiary/aromatic N) is 5. The quantitative estimate of drug-likeness (QED) is 0.224. The van der Waals surface area contributed by atoms with Crippen LogP contribution in [0, 0.1) is 12.3 Å². The van der Waals surface area contributed by atoms with Crippen molar-refractivity contribution in [2.75, 3.05) is 43.4 Å². The van der Waals surface area contributed by atoms with Gasteiger partial charge in [0, 0.05) is 50.1 Å². The molecule has 0 aliphatic carbocycles. The third kappa shape index (κ3) is 6.35. The highest BCUT2D eigenvalue weighted by Crippen LogP contribution is 2.34. The number of allylic oxidation sites excluding steroid dienone is 4. The Balaban J connectivity index is 1.86. The molecule has 0 atom stereocenters. The van der Waals surface area contributed by atoms with Crippen LogP contribution in [-0.2, 0) is 6.42 Å². The largest absolute Gasteiger partial charge is 0.354 e. The molecule has 0 bridgehead atoms. The number of hydrogen-bond donors (Lipinski definition) is 1. The van der Waals surface area contributed by atoms with Crippen LogP contribution < -0.4 is 4.90 Å². The van der Waals surface area contributed by atoms with Crippen LogP contribution in [0.5, 0.6) is 0 Å². The molecule has 1 aromatic carbocycles. The van der Waals surface area contributed by atoms with Gasteiger partial charge in [0.1, 0.15) is 5.82 Å². The Morgan fingerprint density at radius 2 is 1.87 bits per heavy atom. The standard InChI is InChI=1S/C32H45N5S/c1-7-11-26(12-8-2)28-22-29(36-17-15-35(16-18-36)19-20-38)37-31(33-28)30(24(4)34-37)27-14-10-13-25(21-27)23-32(5,6)9-3/h7,10-14,21-22,38H,8-9,15-20,23H2,1-6H3/b11-7-,26-12+. The number of benzene rings is 1. The lowest BCUT2D eigenvalue weighted by Crippen LogP contribution is -2.47. The van der Waals surface area contributed by atoms with Crippen LogP contribution in [0.25, 0.3) is 22.3 Å². The maximum Gasteiger partial charge on any atom is 0.166 e. The van der Waals surface area contributed by atoms with Crippen LogP contribution in [0.3, 0.4) is 0 Å². The predicted octanol–water partition coefficient (Wildman–Crippen LogP) is 7.10. The molecular formula is C32H45N5S. The molecule has 2 aromatic heterocycles. The minimum absolute atomic E-state index is 0.273. The molecule has 0 saturated carbocycles. The Labute approximate surface area is 235 Å². The van der Waals surface area contributed by atoms with Crippen molar-refractivity contribution in [3.05, 3.63) is 65.5 Å². The van der Waals surface area contributed by atoms with Gasteiger partial charge in [0.05, 0.1) is 11.4 Å². The van der Waals surface area contributed by atoms with E-state index in [0.717, 1.165) is 91.7 Å². The first kappa shape index (κ1) is 28.4. The van der Waals surface area contributed by atoms with E-state index in [0.29, 0.717) is 0 Å². The monoisotopic (exact) mass is 531 g/mol. The summed E-state index contributed by atoms with van der Waals surface area (Å²) in [6.45, 7) is 18.4. The number of aromatic nitrogens is 3. The van der Waals surface area contributed by atoms with Crippen LogP contribution in [0.2, 0.25) is 0 Å². The number of anilines is 1. The van der Waals surface area contributed by atoms with Gasteiger partial charge in [-0.1, -0.05) is 76.6 Å². The third-order valence-corrected chi connectivity index (χ3v) is 7.98. The van der Waals surface area contributed by atoms with E-state index in [9.17, 15) is 0 Å². The number of piperazine rings is 1. The molecule has 1 aliphatic rings. The van der Waals surface area contributed by atoms with Crippen molar-refractivity contribution in [1.82, 2.24) is 19.5 Å². The second-order valence-corrected chi connectivity index (χ2v) is 11.7. The van der Waals surface area contributed by atoms with Crippen molar-refractivity contribution in [3.8, 4) is 11.1 Å². The molecule has 3 aromatic rings. The smallest absolute Gasteiger partial charge is 0.166 e. The minimum Gasteiger partial charge on any atom is -0.354 e. The molecule has 0 unspecified atom stereocenters. The fraction of sp³-hybridized carbons (Fsp3) is 0.500. The molecule has 1 saturated heterocycles. The van der Waals surface area contributed by atoms with Gasteiger partial charge in [-0.3, -0.25) is 4.90 Å². The Morgan fingerprint density at radius 1 is 1.11 bits per heavy atom. The molecule has 1 fully saturated rings. The van der Waals surface area contributed by atoms with Crippen molar-refractivity contribution >= 4 is 29.7 Å². The Hall–Kier alpha value is -2.57. The van der Waals surface area contributed by atoms with Crippen molar-refractivity contribution in [3.63, 3.8) is 0 Å². The average Bonchev–Trinajstić information content (AvgIpc) is 3.24. The van der Waals surface area contributed by atoms with Gasteiger partial charge < -0.3 is 4.90 Å². The first-order valence-corrected chi connectivity index (χ1v) is 14.8. The highest BCUT2D eigenvalue weighted by atomic mass is 32.1. The number of fused-ring (bicyclic) bond motifs is 1. The molecule has 4 rings (SSSR count). The molecule has 0 radical (unpaired) electrons. The summed E-state index contributed by atoms with van der Waals surface area (Å²) in [5.74, 6) is 2.02. The summed E-state index contributed by atoms with van der Waals surface area (Å²) < 4.78 is 2.09. The molecule has 6 heteroatoms. The van der Waals surface area contributed by atoms with Gasteiger partial charge in [-0.25, -0.2) is 4.98 Å². The van der Waals surface area contributed by atoms with Gasteiger partial charge in [-0.15, -0.1) is 0 Å². The van der Waals surface area contributed by atoms with Crippen LogP contribution >= 0.6 is 12.6 Å². The lowest BCUT2D eigenvalue weighted by atomic mass is 9.83. The molecule has 0 amide bonds. The summed E-state index contributed by atoms with van der Waals surface area (Å²) >= 11 is 4.44. The zero-order valence-electron chi connectivity index (χ0n) is 24.2. The predicted molar refractivity (Wildman–Crippen MR) is 167 cm³/mol. The maximum atomic E-state index is 5.26. The third-order valence-electron chi connectivity index (χ3n) is 7.78. The zero-order valence-corrected chi connectivity index (χ0v) is 25.1. The summed E-state index contributed by atoms with van der Waals surface area (Å²) in [4.78, 5) is 10.2. The van der Waals surface area contributed by atoms with E-state index in [1.54, 1.807) is 0 Å². The van der Waals surface area contributed by atoms with E-state index < -0.39 is 0 Å². The minimum atomic E-state index is 0.273. The fourth-order valence-electron chi connectivity index (χ4n) is 5.33. The van der Waals surface area contributed by atoms with Crippen LogP contribution in [0.1, 0.15) is 64.4 Å². The molecule has 0 N–H and O–H groups in total. The molecular weight excluding hydrogens is 486 g/mol. The second kappa shape index (κ2) is 12.5. The summed E-state index contributed by atoms with van der Waals surface area (Å²) in [7, 11) is 0. The van der Waals surface area contributed by atoms with Crippen LogP contribution in [0.4, 0.5) is 5.82 Å². The molecule has 38 heavy (non-hydrogen) atoms. The van der Waals surface area contributed by atoms with E-state index in [1.807, 2.05) is 0 Å². The molecule has 1 aliphatic heterocycles. The van der Waals surface area contributed by atoms with Gasteiger partial charge in [-0.2, -0.15) is 22.2 Å². The van der Waals surface area contributed by atoms with Crippen LogP contribution in [0.15, 0.2) is 48.6 Å². The fourth-order valence-corrected chi connectivity index (χ4v) is 5.62. The van der Waals surface area contributed by atoms with Crippen molar-refractivity contribution in [2.24, 2.45) is 5.41 Å². The first-order valence-electron chi connectivity index (χ1n) is 14.2. The van der Waals surface area contributed by atoms with E-state index in [4.69, 9.17) is 10.1 Å². The number of aryl methyl sites for hydroxylation is 1. The van der Waals surface area contributed by atoms with Crippen LogP contribution in [-0.4, -0.2) is 58.0 Å². The first-order chi connectivity index (χ1) is 18.3. The molecule has 5 nitrogen and oxygen atoms in total. The molecule has 0 spiro atoms. The summed E-state index contributed by atoms with van der Waals surface area (Å²) in [6.07, 6.45) is 9.72. The SMILES string of the molecule is C/C=C\C(=C/CC)c1cc(N2CCN(CCS)CC2)n2nc(C)c(-c3cccc(CC(C)(C)CC)c3)c2n1. The van der Waals surface area contributed by atoms with Gasteiger partial charge in [0.25, 0.3) is 0 Å². The van der Waals surface area contributed by atoms with Gasteiger partial charge in [0.2, 0.25) is 0 Å². The van der Waals surface area contributed by atoms with E-state index >= 15 is 0 Å². The lowest BCUT2D eigenvalue weighted by Gasteiger charge is -2.35. The van der Waals surface area contributed by atoms with Gasteiger partial charge in [-0.05, 0) is 48.8 Å². The summed E-state index contributed by atoms with van der Waals surface area (Å²) in [5, 5.41) is 5.08. The Bertz CT molecular complexity index is 1290. The maximum absolute atomic E-state index is 5.26.